The van der Waals surface area contributed by atoms with Crippen LogP contribution >= 0.6 is 0 Å². The molecule has 0 aromatic heterocycles. The molecule has 0 fully saturated rings. The van der Waals surface area contributed by atoms with E-state index in [1.165, 1.54) is 0 Å². The van der Waals surface area contributed by atoms with E-state index in [1.807, 2.05) is 6.92 Å². The van der Waals surface area contributed by atoms with Gasteiger partial charge in [-0.3, -0.25) is 4.79 Å². The van der Waals surface area contributed by atoms with Crippen molar-refractivity contribution in [3.8, 4) is 0 Å². The minimum atomic E-state index is -0.271. The molecule has 0 radical (unpaired) electrons. The monoisotopic (exact) mass is 245 g/mol. The summed E-state index contributed by atoms with van der Waals surface area (Å²) in [5.41, 5.74) is 4.94. The lowest BCUT2D eigenvalue weighted by atomic mass is 10.1. The lowest BCUT2D eigenvalue weighted by molar-refractivity contribution is -0.118. The average Bonchev–Trinajstić information content (AvgIpc) is 2.23. The molecule has 0 bridgehead atoms. The van der Waals surface area contributed by atoms with E-state index in [2.05, 4.69) is 20.8 Å². The first kappa shape index (κ1) is 16.4. The lowest BCUT2D eigenvalue weighted by Crippen LogP contribution is -2.27. The zero-order chi connectivity index (χ0) is 13.3. The zero-order valence-electron chi connectivity index (χ0n) is 11.6. The molecule has 2 N–H and O–H groups in total. The molecular weight excluding hydrogens is 218 g/mol. The molecule has 0 aliphatic carbocycles. The van der Waals surface area contributed by atoms with Gasteiger partial charge in [0, 0.05) is 19.6 Å². The van der Waals surface area contributed by atoms with E-state index in [4.69, 9.17) is 15.2 Å². The maximum Gasteiger partial charge on any atom is 0.217 e. The van der Waals surface area contributed by atoms with Crippen molar-refractivity contribution >= 4 is 5.91 Å². The van der Waals surface area contributed by atoms with Gasteiger partial charge in [0.25, 0.3) is 0 Å². The SMILES string of the molecule is CCCOC(C)(C)CCOC(C)CCC(N)=O. The van der Waals surface area contributed by atoms with Gasteiger partial charge in [-0.05, 0) is 40.0 Å². The van der Waals surface area contributed by atoms with E-state index in [0.717, 1.165) is 19.4 Å². The Morgan fingerprint density at radius 1 is 1.35 bits per heavy atom. The second kappa shape index (κ2) is 8.48. The van der Waals surface area contributed by atoms with Gasteiger partial charge in [-0.1, -0.05) is 6.92 Å². The van der Waals surface area contributed by atoms with Crippen LogP contribution in [-0.4, -0.2) is 30.8 Å². The highest BCUT2D eigenvalue weighted by Crippen LogP contribution is 2.15. The molecule has 4 heteroatoms. The quantitative estimate of drug-likeness (QED) is 0.642. The van der Waals surface area contributed by atoms with Crippen molar-refractivity contribution in [3.63, 3.8) is 0 Å². The molecule has 1 amide bonds. The van der Waals surface area contributed by atoms with Gasteiger partial charge in [-0.2, -0.15) is 0 Å². The van der Waals surface area contributed by atoms with Gasteiger partial charge >= 0.3 is 0 Å². The minimum Gasteiger partial charge on any atom is -0.378 e. The molecule has 102 valence electrons. The Bertz CT molecular complexity index is 217. The van der Waals surface area contributed by atoms with Gasteiger partial charge in [0.15, 0.2) is 0 Å². The highest BCUT2D eigenvalue weighted by Gasteiger charge is 2.18. The van der Waals surface area contributed by atoms with Crippen LogP contribution in [0.4, 0.5) is 0 Å². The number of hydrogen-bond acceptors (Lipinski definition) is 3. The molecule has 0 saturated heterocycles. The summed E-state index contributed by atoms with van der Waals surface area (Å²) in [6, 6.07) is 0. The summed E-state index contributed by atoms with van der Waals surface area (Å²) in [4.78, 5) is 10.6. The van der Waals surface area contributed by atoms with Crippen molar-refractivity contribution in [2.24, 2.45) is 5.73 Å². The Morgan fingerprint density at radius 3 is 2.53 bits per heavy atom. The largest absolute Gasteiger partial charge is 0.378 e. The highest BCUT2D eigenvalue weighted by molar-refractivity contribution is 5.73. The van der Waals surface area contributed by atoms with E-state index >= 15 is 0 Å². The zero-order valence-corrected chi connectivity index (χ0v) is 11.6. The number of rotatable bonds is 10. The fraction of sp³-hybridized carbons (Fsp3) is 0.923. The fourth-order valence-electron chi connectivity index (χ4n) is 1.39. The normalized spacial score (nSPS) is 13.6. The van der Waals surface area contributed by atoms with Crippen molar-refractivity contribution in [2.45, 2.75) is 65.1 Å². The maximum atomic E-state index is 10.6. The summed E-state index contributed by atoms with van der Waals surface area (Å²) in [6.07, 6.45) is 3.03. The van der Waals surface area contributed by atoms with Gasteiger partial charge in [0.1, 0.15) is 0 Å². The molecule has 4 nitrogen and oxygen atoms in total. The van der Waals surface area contributed by atoms with Gasteiger partial charge in [0.2, 0.25) is 5.91 Å². The topological polar surface area (TPSA) is 61.6 Å². The number of ether oxygens (including phenoxy) is 2. The molecule has 0 saturated carbocycles. The van der Waals surface area contributed by atoms with Crippen LogP contribution in [0.3, 0.4) is 0 Å². The van der Waals surface area contributed by atoms with E-state index in [-0.39, 0.29) is 17.6 Å². The van der Waals surface area contributed by atoms with E-state index in [0.29, 0.717) is 19.4 Å². The Morgan fingerprint density at radius 2 is 2.00 bits per heavy atom. The molecule has 0 aromatic rings. The average molecular weight is 245 g/mol. The predicted octanol–water partition coefficient (Wildman–Crippen LogP) is 2.25. The fourth-order valence-corrected chi connectivity index (χ4v) is 1.39. The second-order valence-corrected chi connectivity index (χ2v) is 5.04. The van der Waals surface area contributed by atoms with Crippen LogP contribution in [0.5, 0.6) is 0 Å². The summed E-state index contributed by atoms with van der Waals surface area (Å²) in [5, 5.41) is 0. The number of amides is 1. The Kier molecular flexibility index (Phi) is 8.17. The maximum absolute atomic E-state index is 10.6. The first-order chi connectivity index (χ1) is 7.87. The number of nitrogens with two attached hydrogens (primary N) is 1. The Hall–Kier alpha value is -0.610. The van der Waals surface area contributed by atoms with Crippen molar-refractivity contribution < 1.29 is 14.3 Å². The lowest BCUT2D eigenvalue weighted by Gasteiger charge is -2.25. The van der Waals surface area contributed by atoms with Crippen molar-refractivity contribution in [3.05, 3.63) is 0 Å². The number of carbonyl (C=O) groups excluding carboxylic acids is 1. The third-order valence-electron chi connectivity index (χ3n) is 2.60. The third-order valence-corrected chi connectivity index (χ3v) is 2.60. The van der Waals surface area contributed by atoms with Gasteiger partial charge in [0.05, 0.1) is 11.7 Å². The highest BCUT2D eigenvalue weighted by atomic mass is 16.5. The van der Waals surface area contributed by atoms with Gasteiger partial charge in [-0.25, -0.2) is 0 Å². The summed E-state index contributed by atoms with van der Waals surface area (Å²) >= 11 is 0. The van der Waals surface area contributed by atoms with Crippen molar-refractivity contribution in [1.82, 2.24) is 0 Å². The number of carbonyl (C=O) groups is 1. The molecule has 0 aliphatic rings. The predicted molar refractivity (Wildman–Crippen MR) is 68.8 cm³/mol. The molecule has 0 heterocycles. The van der Waals surface area contributed by atoms with Crippen molar-refractivity contribution in [2.75, 3.05) is 13.2 Å². The first-order valence-corrected chi connectivity index (χ1v) is 6.41. The second-order valence-electron chi connectivity index (χ2n) is 5.04. The number of primary amides is 1. The third kappa shape index (κ3) is 10.3. The Balaban J connectivity index is 3.63. The summed E-state index contributed by atoms with van der Waals surface area (Å²) < 4.78 is 11.3. The molecule has 0 aliphatic heterocycles. The molecule has 1 atom stereocenters. The summed E-state index contributed by atoms with van der Waals surface area (Å²) in [5.74, 6) is -0.271. The standard InChI is InChI=1S/C13H27NO3/c1-5-9-17-13(3,4)8-10-16-11(2)6-7-12(14)15/h11H,5-10H2,1-4H3,(H2,14,15). The molecule has 0 rings (SSSR count). The van der Waals surface area contributed by atoms with E-state index in [1.54, 1.807) is 0 Å². The van der Waals surface area contributed by atoms with Crippen LogP contribution in [0.2, 0.25) is 0 Å². The molecule has 17 heavy (non-hydrogen) atoms. The Labute approximate surface area is 105 Å². The molecule has 0 spiro atoms. The van der Waals surface area contributed by atoms with Crippen LogP contribution in [0.15, 0.2) is 0 Å². The summed E-state index contributed by atoms with van der Waals surface area (Å²) in [6.45, 7) is 9.63. The van der Waals surface area contributed by atoms with Crippen LogP contribution in [0, 0.1) is 0 Å². The van der Waals surface area contributed by atoms with Crippen LogP contribution in [0.25, 0.3) is 0 Å². The van der Waals surface area contributed by atoms with Gasteiger partial charge in [-0.15, -0.1) is 0 Å². The molecule has 1 unspecified atom stereocenters. The molecular formula is C13H27NO3. The summed E-state index contributed by atoms with van der Waals surface area (Å²) in [7, 11) is 0. The minimum absolute atomic E-state index is 0.0736. The van der Waals surface area contributed by atoms with E-state index < -0.39 is 0 Å². The smallest absolute Gasteiger partial charge is 0.217 e. The van der Waals surface area contributed by atoms with Gasteiger partial charge < -0.3 is 15.2 Å². The van der Waals surface area contributed by atoms with Crippen LogP contribution in [0.1, 0.15) is 53.4 Å². The van der Waals surface area contributed by atoms with E-state index in [9.17, 15) is 4.79 Å². The van der Waals surface area contributed by atoms with Crippen LogP contribution < -0.4 is 5.73 Å². The molecule has 0 aromatic carbocycles. The number of hydrogen-bond donors (Lipinski definition) is 1. The first-order valence-electron chi connectivity index (χ1n) is 6.41. The van der Waals surface area contributed by atoms with Crippen LogP contribution in [-0.2, 0) is 14.3 Å². The van der Waals surface area contributed by atoms with Crippen molar-refractivity contribution in [1.29, 1.82) is 0 Å².